The van der Waals surface area contributed by atoms with E-state index in [1.54, 1.807) is 12.1 Å². The van der Waals surface area contributed by atoms with Gasteiger partial charge in [0, 0.05) is 6.54 Å². The number of hydrogen-bond acceptors (Lipinski definition) is 4. The van der Waals surface area contributed by atoms with Crippen LogP contribution in [0.2, 0.25) is 0 Å². The van der Waals surface area contributed by atoms with Crippen LogP contribution in [0.1, 0.15) is 15.9 Å². The molecule has 0 spiro atoms. The smallest absolute Gasteiger partial charge is 0.335 e. The van der Waals surface area contributed by atoms with Crippen LogP contribution in [0.3, 0.4) is 0 Å². The Morgan fingerprint density at radius 2 is 2.20 bits per heavy atom. The summed E-state index contributed by atoms with van der Waals surface area (Å²) in [4.78, 5) is 35.4. The van der Waals surface area contributed by atoms with E-state index in [0.29, 0.717) is 17.2 Å². The molecule has 1 aromatic rings. The molecule has 0 aliphatic carbocycles. The summed E-state index contributed by atoms with van der Waals surface area (Å²) in [6.45, 7) is 0.291. The molecule has 1 heterocycles. The third kappa shape index (κ3) is 3.74. The van der Waals surface area contributed by atoms with Gasteiger partial charge in [-0.3, -0.25) is 9.59 Å². The number of benzene rings is 1. The molecule has 106 valence electrons. The van der Waals surface area contributed by atoms with E-state index in [0.717, 1.165) is 0 Å². The molecule has 0 atom stereocenters. The number of carbonyl (C=O) groups excluding carboxylic acids is 2. The topological polar surface area (TPSA) is 86.7 Å². The highest BCUT2D eigenvalue weighted by Crippen LogP contribution is 2.14. The summed E-state index contributed by atoms with van der Waals surface area (Å²) in [5.41, 5.74) is 0.892. The first-order valence-electron chi connectivity index (χ1n) is 6.00. The molecule has 2 amide bonds. The van der Waals surface area contributed by atoms with E-state index in [1.165, 1.54) is 28.8 Å². The molecule has 1 aromatic carbocycles. The molecule has 1 aliphatic rings. The number of amides is 2. The average Bonchev–Trinajstić information content (AvgIpc) is 2.82. The number of hydrogen-bond donors (Lipinski definition) is 2. The van der Waals surface area contributed by atoms with Crippen molar-refractivity contribution in [2.24, 2.45) is 0 Å². The minimum Gasteiger partial charge on any atom is -0.478 e. The Balaban J connectivity index is 1.85. The van der Waals surface area contributed by atoms with Gasteiger partial charge >= 0.3 is 5.97 Å². The van der Waals surface area contributed by atoms with E-state index < -0.39 is 5.97 Å². The highest BCUT2D eigenvalue weighted by Gasteiger charge is 2.22. The average molecular weight is 294 g/mol. The number of carboxylic acids is 1. The first-order valence-corrected chi connectivity index (χ1v) is 7.16. The van der Waals surface area contributed by atoms with Crippen molar-refractivity contribution in [2.45, 2.75) is 6.54 Å². The normalized spacial score (nSPS) is 14.4. The minimum atomic E-state index is -1.00. The zero-order valence-electron chi connectivity index (χ0n) is 10.7. The van der Waals surface area contributed by atoms with Gasteiger partial charge in [-0.1, -0.05) is 12.1 Å². The molecule has 1 aliphatic heterocycles. The van der Waals surface area contributed by atoms with Crippen LogP contribution in [0.25, 0.3) is 0 Å². The number of rotatable bonds is 5. The third-order valence-electron chi connectivity index (χ3n) is 2.82. The highest BCUT2D eigenvalue weighted by atomic mass is 32.2. The van der Waals surface area contributed by atoms with Crippen LogP contribution < -0.4 is 5.32 Å². The van der Waals surface area contributed by atoms with Crippen LogP contribution in [0.4, 0.5) is 0 Å². The lowest BCUT2D eigenvalue weighted by molar-refractivity contribution is -0.132. The quantitative estimate of drug-likeness (QED) is 0.827. The number of aromatic carboxylic acids is 1. The molecule has 0 unspecified atom stereocenters. The fourth-order valence-electron chi connectivity index (χ4n) is 1.78. The maximum absolute atomic E-state index is 11.7. The van der Waals surface area contributed by atoms with Gasteiger partial charge in [0.15, 0.2) is 0 Å². The lowest BCUT2D eigenvalue weighted by Gasteiger charge is -2.14. The molecule has 20 heavy (non-hydrogen) atoms. The zero-order chi connectivity index (χ0) is 14.5. The van der Waals surface area contributed by atoms with Gasteiger partial charge in [-0.15, -0.1) is 11.8 Å². The Morgan fingerprint density at radius 1 is 1.40 bits per heavy atom. The Labute approximate surface area is 120 Å². The molecule has 6 nitrogen and oxygen atoms in total. The van der Waals surface area contributed by atoms with Gasteiger partial charge in [-0.2, -0.15) is 0 Å². The minimum absolute atomic E-state index is 0.0296. The molecular weight excluding hydrogens is 280 g/mol. The number of carbonyl (C=O) groups is 3. The second-order valence-electron chi connectivity index (χ2n) is 4.35. The first-order chi connectivity index (χ1) is 9.56. The summed E-state index contributed by atoms with van der Waals surface area (Å²) in [6.07, 6.45) is 0. The molecule has 0 radical (unpaired) electrons. The lowest BCUT2D eigenvalue weighted by Crippen LogP contribution is -2.37. The van der Waals surface area contributed by atoms with Crippen LogP contribution in [0.15, 0.2) is 24.3 Å². The van der Waals surface area contributed by atoms with Crippen LogP contribution >= 0.6 is 11.8 Å². The number of nitrogens with zero attached hydrogens (tertiary/aromatic N) is 1. The van der Waals surface area contributed by atoms with Gasteiger partial charge < -0.3 is 15.3 Å². The molecule has 0 bridgehead atoms. The third-order valence-corrected chi connectivity index (χ3v) is 3.77. The van der Waals surface area contributed by atoms with Crippen molar-refractivity contribution < 1.29 is 19.5 Å². The Kier molecular flexibility index (Phi) is 4.62. The number of thioether (sulfide) groups is 1. The Morgan fingerprint density at radius 3 is 2.85 bits per heavy atom. The van der Waals surface area contributed by atoms with Crippen LogP contribution in [-0.4, -0.2) is 46.0 Å². The van der Waals surface area contributed by atoms with Crippen LogP contribution in [-0.2, 0) is 16.1 Å². The van der Waals surface area contributed by atoms with E-state index in [2.05, 4.69) is 5.32 Å². The molecule has 2 rings (SSSR count). The van der Waals surface area contributed by atoms with Crippen molar-refractivity contribution in [2.75, 3.05) is 18.2 Å². The molecule has 1 saturated heterocycles. The van der Waals surface area contributed by atoms with E-state index >= 15 is 0 Å². The fourth-order valence-corrected chi connectivity index (χ4v) is 2.69. The maximum Gasteiger partial charge on any atom is 0.335 e. The summed E-state index contributed by atoms with van der Waals surface area (Å²) in [7, 11) is 0. The Bertz CT molecular complexity index is 547. The molecule has 1 fully saturated rings. The molecule has 7 heteroatoms. The van der Waals surface area contributed by atoms with Crippen molar-refractivity contribution in [1.29, 1.82) is 0 Å². The first kappa shape index (κ1) is 14.4. The number of carboxylic acid groups (broad SMARTS) is 1. The summed E-state index contributed by atoms with van der Waals surface area (Å²) in [5, 5.41) is 11.5. The number of nitrogens with one attached hydrogen (secondary N) is 1. The predicted octanol–water partition coefficient (Wildman–Crippen LogP) is 0.534. The van der Waals surface area contributed by atoms with Gasteiger partial charge in [-0.25, -0.2) is 4.79 Å². The van der Waals surface area contributed by atoms with E-state index in [1.807, 2.05) is 0 Å². The maximum atomic E-state index is 11.7. The van der Waals surface area contributed by atoms with Crippen molar-refractivity contribution in [1.82, 2.24) is 10.2 Å². The second kappa shape index (κ2) is 6.42. The predicted molar refractivity (Wildman–Crippen MR) is 74.3 cm³/mol. The highest BCUT2D eigenvalue weighted by molar-refractivity contribution is 8.00. The molecule has 0 aromatic heterocycles. The summed E-state index contributed by atoms with van der Waals surface area (Å²) in [6, 6.07) is 6.38. The SMILES string of the molecule is O=C(CN1CSCC1=O)NCc1cccc(C(=O)O)c1. The zero-order valence-corrected chi connectivity index (χ0v) is 11.5. The largest absolute Gasteiger partial charge is 0.478 e. The summed E-state index contributed by atoms with van der Waals surface area (Å²) >= 11 is 1.48. The Hall–Kier alpha value is -2.02. The summed E-state index contributed by atoms with van der Waals surface area (Å²) in [5.74, 6) is -0.313. The van der Waals surface area contributed by atoms with Crippen LogP contribution in [0, 0.1) is 0 Å². The van der Waals surface area contributed by atoms with Gasteiger partial charge in [-0.05, 0) is 17.7 Å². The van der Waals surface area contributed by atoms with Gasteiger partial charge in [0.2, 0.25) is 11.8 Å². The summed E-state index contributed by atoms with van der Waals surface area (Å²) < 4.78 is 0. The van der Waals surface area contributed by atoms with E-state index in [9.17, 15) is 14.4 Å². The van der Waals surface area contributed by atoms with Gasteiger partial charge in [0.05, 0.1) is 17.2 Å². The molecule has 0 saturated carbocycles. The van der Waals surface area contributed by atoms with Crippen molar-refractivity contribution >= 4 is 29.5 Å². The van der Waals surface area contributed by atoms with Crippen molar-refractivity contribution in [3.8, 4) is 0 Å². The lowest BCUT2D eigenvalue weighted by atomic mass is 10.1. The van der Waals surface area contributed by atoms with Gasteiger partial charge in [0.1, 0.15) is 6.54 Å². The second-order valence-corrected chi connectivity index (χ2v) is 5.31. The van der Waals surface area contributed by atoms with E-state index in [4.69, 9.17) is 5.11 Å². The van der Waals surface area contributed by atoms with Crippen LogP contribution in [0.5, 0.6) is 0 Å². The van der Waals surface area contributed by atoms with Gasteiger partial charge in [0.25, 0.3) is 0 Å². The molecular formula is C13H14N2O4S. The van der Waals surface area contributed by atoms with Crippen molar-refractivity contribution in [3.05, 3.63) is 35.4 Å². The van der Waals surface area contributed by atoms with Crippen molar-refractivity contribution in [3.63, 3.8) is 0 Å². The van der Waals surface area contributed by atoms with E-state index in [-0.39, 0.29) is 30.5 Å². The fraction of sp³-hybridized carbons (Fsp3) is 0.308. The molecule has 2 N–H and O–H groups in total. The standard InChI is InChI=1S/C13H14N2O4S/c16-11(6-15-8-20-7-12(15)17)14-5-9-2-1-3-10(4-9)13(18)19/h1-4H,5-8H2,(H,14,16)(H,18,19). The monoisotopic (exact) mass is 294 g/mol.